The van der Waals surface area contributed by atoms with Crippen molar-refractivity contribution in [2.75, 3.05) is 0 Å². The van der Waals surface area contributed by atoms with Crippen LogP contribution in [0.4, 0.5) is 4.39 Å². The molecule has 0 aliphatic heterocycles. The maximum Gasteiger partial charge on any atom is 0.302 e. The third-order valence-electron chi connectivity index (χ3n) is 1.56. The van der Waals surface area contributed by atoms with E-state index in [1.807, 2.05) is 6.92 Å². The molecule has 3 nitrogen and oxygen atoms in total. The minimum Gasteiger partial charge on any atom is -0.297 e. The third kappa shape index (κ3) is 1.34. The number of halogens is 1. The molecule has 4 heteroatoms. The minimum absolute atomic E-state index is 0.403. The average molecular weight is 158 g/mol. The van der Waals surface area contributed by atoms with E-state index in [9.17, 15) is 9.18 Å². The highest BCUT2D eigenvalue weighted by atomic mass is 19.1. The highest BCUT2D eigenvalue weighted by Gasteiger charge is 2.09. The Bertz CT molecular complexity index is 300. The molecule has 11 heavy (non-hydrogen) atoms. The van der Waals surface area contributed by atoms with E-state index in [-0.39, 0.29) is 0 Å². The maximum absolute atomic E-state index is 12.8. The standard InChI is InChI=1S/C7H11FN2O/c1-3-4-5-6(8)7(11)10(2)9-5/h9H,3-4H2,1-2H3. The Morgan fingerprint density at radius 3 is 2.64 bits per heavy atom. The fraction of sp³-hybridized carbons (Fsp3) is 0.571. The molecule has 0 aliphatic rings. The molecular weight excluding hydrogens is 147 g/mol. The zero-order chi connectivity index (χ0) is 8.43. The summed E-state index contributed by atoms with van der Waals surface area (Å²) in [5, 5.41) is 2.64. The monoisotopic (exact) mass is 158 g/mol. The van der Waals surface area contributed by atoms with Gasteiger partial charge in [-0.1, -0.05) is 13.3 Å². The number of H-pyrrole nitrogens is 1. The second-order valence-corrected chi connectivity index (χ2v) is 2.52. The maximum atomic E-state index is 12.8. The van der Waals surface area contributed by atoms with Crippen molar-refractivity contribution >= 4 is 0 Å². The van der Waals surface area contributed by atoms with Gasteiger partial charge >= 0.3 is 5.56 Å². The molecule has 1 heterocycles. The van der Waals surface area contributed by atoms with Crippen LogP contribution in [0.25, 0.3) is 0 Å². The first-order valence-corrected chi connectivity index (χ1v) is 3.60. The van der Waals surface area contributed by atoms with Gasteiger partial charge in [0.2, 0.25) is 5.82 Å². The van der Waals surface area contributed by atoms with Crippen molar-refractivity contribution in [2.24, 2.45) is 7.05 Å². The Hall–Kier alpha value is -1.06. The van der Waals surface area contributed by atoms with Gasteiger partial charge in [-0.05, 0) is 6.42 Å². The number of hydrogen-bond acceptors (Lipinski definition) is 1. The van der Waals surface area contributed by atoms with Crippen LogP contribution in [0, 0.1) is 5.82 Å². The van der Waals surface area contributed by atoms with Crippen LogP contribution in [0.5, 0.6) is 0 Å². The second kappa shape index (κ2) is 2.90. The first kappa shape index (κ1) is 8.04. The number of aromatic nitrogens is 2. The Balaban J connectivity index is 3.08. The van der Waals surface area contributed by atoms with E-state index in [2.05, 4.69) is 5.10 Å². The molecule has 1 aromatic heterocycles. The molecule has 0 fully saturated rings. The molecule has 62 valence electrons. The van der Waals surface area contributed by atoms with Crippen molar-refractivity contribution in [1.82, 2.24) is 9.78 Å². The van der Waals surface area contributed by atoms with Crippen LogP contribution in [-0.2, 0) is 13.5 Å². The Kier molecular flexibility index (Phi) is 2.12. The van der Waals surface area contributed by atoms with Gasteiger partial charge in [-0.15, -0.1) is 0 Å². The Labute approximate surface area is 63.8 Å². The van der Waals surface area contributed by atoms with Gasteiger partial charge in [0.1, 0.15) is 0 Å². The van der Waals surface area contributed by atoms with Gasteiger partial charge in [-0.3, -0.25) is 14.6 Å². The van der Waals surface area contributed by atoms with Gasteiger partial charge in [0.05, 0.1) is 5.69 Å². The molecule has 0 bridgehead atoms. The summed E-state index contributed by atoms with van der Waals surface area (Å²) in [6.07, 6.45) is 1.42. The van der Waals surface area contributed by atoms with E-state index in [1.165, 1.54) is 7.05 Å². The van der Waals surface area contributed by atoms with Crippen LogP contribution in [-0.4, -0.2) is 9.78 Å². The molecule has 1 N–H and O–H groups in total. The number of rotatable bonds is 2. The fourth-order valence-electron chi connectivity index (χ4n) is 0.994. The van der Waals surface area contributed by atoms with E-state index in [0.29, 0.717) is 12.1 Å². The molecule has 0 radical (unpaired) electrons. The van der Waals surface area contributed by atoms with Gasteiger partial charge in [0.15, 0.2) is 0 Å². The lowest BCUT2D eigenvalue weighted by molar-refractivity contribution is 0.595. The Morgan fingerprint density at radius 1 is 1.64 bits per heavy atom. The number of hydrogen-bond donors (Lipinski definition) is 1. The SMILES string of the molecule is CCCc1[nH]n(C)c(=O)c1F. The summed E-state index contributed by atoms with van der Waals surface area (Å²) < 4.78 is 14.0. The van der Waals surface area contributed by atoms with Crippen molar-refractivity contribution in [3.63, 3.8) is 0 Å². The number of aromatic amines is 1. The molecule has 0 saturated heterocycles. The molecule has 0 aliphatic carbocycles. The van der Waals surface area contributed by atoms with Crippen LogP contribution in [0.2, 0.25) is 0 Å². The van der Waals surface area contributed by atoms with Crippen molar-refractivity contribution in [3.05, 3.63) is 21.9 Å². The Morgan fingerprint density at radius 2 is 2.27 bits per heavy atom. The predicted octanol–water partition coefficient (Wildman–Crippen LogP) is 0.805. The summed E-state index contributed by atoms with van der Waals surface area (Å²) in [4.78, 5) is 10.8. The van der Waals surface area contributed by atoms with Crippen molar-refractivity contribution < 1.29 is 4.39 Å². The first-order chi connectivity index (χ1) is 5.16. The zero-order valence-electron chi connectivity index (χ0n) is 6.65. The van der Waals surface area contributed by atoms with Gasteiger partial charge in [-0.2, -0.15) is 4.39 Å². The predicted molar refractivity (Wildman–Crippen MR) is 40.0 cm³/mol. The summed E-state index contributed by atoms with van der Waals surface area (Å²) in [5.74, 6) is -0.644. The zero-order valence-corrected chi connectivity index (χ0v) is 6.65. The smallest absolute Gasteiger partial charge is 0.297 e. The van der Waals surface area contributed by atoms with Crippen LogP contribution in [0.3, 0.4) is 0 Å². The summed E-state index contributed by atoms with van der Waals surface area (Å²) in [6, 6.07) is 0. The highest BCUT2D eigenvalue weighted by molar-refractivity contribution is 5.02. The molecule has 0 spiro atoms. The summed E-state index contributed by atoms with van der Waals surface area (Å²) in [5.41, 5.74) is -0.173. The van der Waals surface area contributed by atoms with Crippen LogP contribution in [0.1, 0.15) is 19.0 Å². The van der Waals surface area contributed by atoms with Crippen LogP contribution in [0.15, 0.2) is 4.79 Å². The van der Waals surface area contributed by atoms with Crippen molar-refractivity contribution in [2.45, 2.75) is 19.8 Å². The van der Waals surface area contributed by atoms with Gasteiger partial charge in [0, 0.05) is 7.05 Å². The largest absolute Gasteiger partial charge is 0.302 e. The highest BCUT2D eigenvalue weighted by Crippen LogP contribution is 2.00. The van der Waals surface area contributed by atoms with E-state index in [0.717, 1.165) is 11.1 Å². The molecule has 1 aromatic rings. The molecule has 0 unspecified atom stereocenters. The van der Waals surface area contributed by atoms with E-state index in [4.69, 9.17) is 0 Å². The summed E-state index contributed by atoms with van der Waals surface area (Å²) in [7, 11) is 1.50. The number of aryl methyl sites for hydroxylation is 2. The molecule has 0 atom stereocenters. The van der Waals surface area contributed by atoms with Crippen LogP contribution < -0.4 is 5.56 Å². The topological polar surface area (TPSA) is 37.8 Å². The second-order valence-electron chi connectivity index (χ2n) is 2.52. The molecular formula is C7H11FN2O. The number of nitrogens with one attached hydrogen (secondary N) is 1. The summed E-state index contributed by atoms with van der Waals surface area (Å²) in [6.45, 7) is 1.94. The fourth-order valence-corrected chi connectivity index (χ4v) is 0.994. The molecule has 1 rings (SSSR count). The number of nitrogens with zero attached hydrogens (tertiary/aromatic N) is 1. The van der Waals surface area contributed by atoms with Crippen molar-refractivity contribution in [1.29, 1.82) is 0 Å². The lowest BCUT2D eigenvalue weighted by Crippen LogP contribution is -2.13. The van der Waals surface area contributed by atoms with Gasteiger partial charge < -0.3 is 0 Å². The quantitative estimate of drug-likeness (QED) is 0.679. The average Bonchev–Trinajstić information content (AvgIpc) is 2.19. The van der Waals surface area contributed by atoms with Gasteiger partial charge in [0.25, 0.3) is 0 Å². The van der Waals surface area contributed by atoms with Crippen molar-refractivity contribution in [3.8, 4) is 0 Å². The lowest BCUT2D eigenvalue weighted by Gasteiger charge is -1.90. The third-order valence-corrected chi connectivity index (χ3v) is 1.56. The minimum atomic E-state index is -0.644. The first-order valence-electron chi connectivity index (χ1n) is 3.60. The molecule has 0 saturated carbocycles. The summed E-state index contributed by atoms with van der Waals surface area (Å²) >= 11 is 0. The van der Waals surface area contributed by atoms with E-state index in [1.54, 1.807) is 0 Å². The molecule has 0 amide bonds. The van der Waals surface area contributed by atoms with E-state index >= 15 is 0 Å². The van der Waals surface area contributed by atoms with Crippen LogP contribution >= 0.6 is 0 Å². The lowest BCUT2D eigenvalue weighted by atomic mass is 10.2. The molecule has 0 aromatic carbocycles. The van der Waals surface area contributed by atoms with E-state index < -0.39 is 11.4 Å². The normalized spacial score (nSPS) is 10.5. The van der Waals surface area contributed by atoms with Gasteiger partial charge in [-0.25, -0.2) is 0 Å².